The van der Waals surface area contributed by atoms with E-state index in [-0.39, 0.29) is 0 Å². The Morgan fingerprint density at radius 1 is 0.824 bits per heavy atom. The fourth-order valence-corrected chi connectivity index (χ4v) is 3.03. The minimum absolute atomic E-state index is 0.682. The van der Waals surface area contributed by atoms with E-state index in [1.165, 1.54) is 15.7 Å². The molecule has 88 valence electrons. The van der Waals surface area contributed by atoms with Gasteiger partial charge in [0.1, 0.15) is 11.2 Å². The van der Waals surface area contributed by atoms with Crippen molar-refractivity contribution in [2.45, 2.75) is 4.90 Å². The lowest BCUT2D eigenvalue weighted by Gasteiger charge is -2.25. The Balaban J connectivity index is 2.38. The van der Waals surface area contributed by atoms with E-state index in [2.05, 4.69) is 49.1 Å². The Hall–Kier alpha value is -1.41. The first kappa shape index (κ1) is 10.7. The molecule has 17 heavy (non-hydrogen) atoms. The highest BCUT2D eigenvalue weighted by atomic mass is 32.3. The molecule has 2 heteroatoms. The van der Waals surface area contributed by atoms with Crippen LogP contribution in [0.15, 0.2) is 51.8 Å². The molecule has 1 aromatic heterocycles. The normalized spacial score (nSPS) is 13.4. The molecule has 1 nitrogen and oxygen atoms in total. The largest absolute Gasteiger partial charge is 0.456 e. The highest BCUT2D eigenvalue weighted by Crippen LogP contribution is 2.46. The van der Waals surface area contributed by atoms with Gasteiger partial charge in [0.25, 0.3) is 0 Å². The minimum atomic E-state index is -0.682. The Labute approximate surface area is 103 Å². The van der Waals surface area contributed by atoms with Crippen LogP contribution in [0.3, 0.4) is 0 Å². The van der Waals surface area contributed by atoms with Crippen LogP contribution in [0.2, 0.25) is 0 Å². The fourth-order valence-electron chi connectivity index (χ4n) is 2.09. The lowest BCUT2D eigenvalue weighted by atomic mass is 10.1. The Bertz CT molecular complexity index is 689. The summed E-state index contributed by atoms with van der Waals surface area (Å²) in [5.41, 5.74) is 1.96. The summed E-state index contributed by atoms with van der Waals surface area (Å²) < 4.78 is 5.83. The van der Waals surface area contributed by atoms with E-state index >= 15 is 0 Å². The van der Waals surface area contributed by atoms with E-state index in [0.29, 0.717) is 0 Å². The zero-order valence-corrected chi connectivity index (χ0v) is 11.2. The molecule has 3 aromatic rings. The lowest BCUT2D eigenvalue weighted by Crippen LogP contribution is -1.91. The molecule has 1 heterocycles. The molecule has 0 N–H and O–H groups in total. The molecule has 0 aliphatic carbocycles. The summed E-state index contributed by atoms with van der Waals surface area (Å²) in [6.45, 7) is 0. The third kappa shape index (κ3) is 1.73. The first-order chi connectivity index (χ1) is 8.05. The number of para-hydroxylation sites is 1. The molecule has 0 fully saturated rings. The number of benzene rings is 2. The van der Waals surface area contributed by atoms with Crippen molar-refractivity contribution in [1.82, 2.24) is 0 Å². The Morgan fingerprint density at radius 2 is 1.53 bits per heavy atom. The molecule has 0 radical (unpaired) electrons. The molecular formula is C15H16OS. The van der Waals surface area contributed by atoms with E-state index in [1.807, 2.05) is 12.1 Å². The number of fused-ring (bicyclic) bond motifs is 3. The van der Waals surface area contributed by atoms with Crippen molar-refractivity contribution in [3.05, 3.63) is 42.5 Å². The Morgan fingerprint density at radius 3 is 2.29 bits per heavy atom. The predicted octanol–water partition coefficient (Wildman–Crippen LogP) is 4.64. The molecule has 2 aromatic carbocycles. The maximum Gasteiger partial charge on any atom is 0.135 e. The Kier molecular flexibility index (Phi) is 2.23. The lowest BCUT2D eigenvalue weighted by molar-refractivity contribution is 0.668. The van der Waals surface area contributed by atoms with Crippen molar-refractivity contribution in [3.63, 3.8) is 0 Å². The zero-order valence-electron chi connectivity index (χ0n) is 10.4. The average Bonchev–Trinajstić information content (AvgIpc) is 2.65. The minimum Gasteiger partial charge on any atom is -0.456 e. The van der Waals surface area contributed by atoms with Gasteiger partial charge in [-0.15, -0.1) is 0 Å². The molecule has 0 saturated heterocycles. The van der Waals surface area contributed by atoms with Crippen LogP contribution in [0.1, 0.15) is 0 Å². The van der Waals surface area contributed by atoms with E-state index in [4.69, 9.17) is 4.42 Å². The third-order valence-corrected chi connectivity index (χ3v) is 4.72. The van der Waals surface area contributed by atoms with Gasteiger partial charge in [-0.2, -0.15) is 0 Å². The summed E-state index contributed by atoms with van der Waals surface area (Å²) in [6, 6.07) is 14.8. The van der Waals surface area contributed by atoms with Gasteiger partial charge in [-0.3, -0.25) is 0 Å². The van der Waals surface area contributed by atoms with Gasteiger partial charge < -0.3 is 4.42 Å². The van der Waals surface area contributed by atoms with Crippen LogP contribution in [0, 0.1) is 0 Å². The quantitative estimate of drug-likeness (QED) is 0.608. The number of furan rings is 1. The van der Waals surface area contributed by atoms with Gasteiger partial charge in [0.15, 0.2) is 0 Å². The van der Waals surface area contributed by atoms with Crippen LogP contribution in [0.4, 0.5) is 0 Å². The molecular weight excluding hydrogens is 228 g/mol. The van der Waals surface area contributed by atoms with Crippen LogP contribution in [-0.2, 0) is 0 Å². The second kappa shape index (κ2) is 3.54. The summed E-state index contributed by atoms with van der Waals surface area (Å²) in [5, 5.41) is 2.45. The van der Waals surface area contributed by atoms with E-state index in [1.54, 1.807) is 0 Å². The van der Waals surface area contributed by atoms with Gasteiger partial charge in [0.05, 0.1) is 0 Å². The van der Waals surface area contributed by atoms with Crippen LogP contribution < -0.4 is 0 Å². The maximum atomic E-state index is 5.83. The second-order valence-corrected chi connectivity index (χ2v) is 9.24. The first-order valence-electron chi connectivity index (χ1n) is 5.65. The number of hydrogen-bond donors (Lipinski definition) is 0. The summed E-state index contributed by atoms with van der Waals surface area (Å²) in [6.07, 6.45) is 6.95. The summed E-state index contributed by atoms with van der Waals surface area (Å²) in [7, 11) is -0.682. The van der Waals surface area contributed by atoms with E-state index in [9.17, 15) is 0 Å². The highest BCUT2D eigenvalue weighted by molar-refractivity contribution is 8.32. The molecule has 0 atom stereocenters. The molecule has 0 aliphatic heterocycles. The fraction of sp³-hybridized carbons (Fsp3) is 0.200. The van der Waals surface area contributed by atoms with Gasteiger partial charge in [-0.25, -0.2) is 10.0 Å². The summed E-state index contributed by atoms with van der Waals surface area (Å²) >= 11 is 0. The van der Waals surface area contributed by atoms with Gasteiger partial charge in [-0.05, 0) is 47.9 Å². The van der Waals surface area contributed by atoms with Crippen molar-refractivity contribution in [2.24, 2.45) is 0 Å². The molecule has 0 bridgehead atoms. The summed E-state index contributed by atoms with van der Waals surface area (Å²) in [5.74, 6) is 0. The maximum absolute atomic E-state index is 5.83. The van der Waals surface area contributed by atoms with Crippen molar-refractivity contribution in [1.29, 1.82) is 0 Å². The topological polar surface area (TPSA) is 13.1 Å². The van der Waals surface area contributed by atoms with Gasteiger partial charge >= 0.3 is 0 Å². The summed E-state index contributed by atoms with van der Waals surface area (Å²) in [4.78, 5) is 1.43. The molecule has 0 saturated carbocycles. The van der Waals surface area contributed by atoms with Crippen molar-refractivity contribution >= 4 is 32.0 Å². The zero-order chi connectivity index (χ0) is 12.0. The van der Waals surface area contributed by atoms with Crippen molar-refractivity contribution in [2.75, 3.05) is 18.8 Å². The molecule has 0 unspecified atom stereocenters. The monoisotopic (exact) mass is 244 g/mol. The molecule has 0 amide bonds. The predicted molar refractivity (Wildman–Crippen MR) is 77.3 cm³/mol. The van der Waals surface area contributed by atoms with Crippen LogP contribution in [0.5, 0.6) is 0 Å². The molecule has 3 rings (SSSR count). The van der Waals surface area contributed by atoms with Gasteiger partial charge in [0, 0.05) is 10.8 Å². The van der Waals surface area contributed by atoms with E-state index < -0.39 is 10.0 Å². The number of rotatable bonds is 1. The van der Waals surface area contributed by atoms with Gasteiger partial charge in [0.2, 0.25) is 0 Å². The second-order valence-electron chi connectivity index (χ2n) is 5.09. The standard InChI is InChI=1S/C15H16OS/c1-17(2,3)11-8-9-15-13(10-11)12-6-4-5-7-14(12)16-15/h4-10H,1-3H3. The van der Waals surface area contributed by atoms with Crippen LogP contribution >= 0.6 is 10.0 Å². The SMILES string of the molecule is CS(C)(C)c1ccc2oc3ccccc3c2c1. The first-order valence-corrected chi connectivity index (χ1v) is 8.51. The third-order valence-electron chi connectivity index (χ3n) is 3.06. The van der Waals surface area contributed by atoms with Crippen LogP contribution in [0.25, 0.3) is 21.9 Å². The molecule has 0 aliphatic rings. The smallest absolute Gasteiger partial charge is 0.135 e. The molecule has 0 spiro atoms. The number of hydrogen-bond acceptors (Lipinski definition) is 1. The van der Waals surface area contributed by atoms with E-state index in [0.717, 1.165) is 11.2 Å². The van der Waals surface area contributed by atoms with Crippen LogP contribution in [-0.4, -0.2) is 18.8 Å². The highest BCUT2D eigenvalue weighted by Gasteiger charge is 2.11. The van der Waals surface area contributed by atoms with Crippen molar-refractivity contribution < 1.29 is 4.42 Å². The average molecular weight is 244 g/mol. The van der Waals surface area contributed by atoms with Crippen molar-refractivity contribution in [3.8, 4) is 0 Å². The van der Waals surface area contributed by atoms with Gasteiger partial charge in [-0.1, -0.05) is 18.2 Å².